The Bertz CT molecular complexity index is 199. The fourth-order valence-corrected chi connectivity index (χ4v) is 1.23. The van der Waals surface area contributed by atoms with Gasteiger partial charge in [-0.15, -0.1) is 0 Å². The van der Waals surface area contributed by atoms with Crippen molar-refractivity contribution < 1.29 is 4.79 Å². The van der Waals surface area contributed by atoms with Gasteiger partial charge in [0.2, 0.25) is 0 Å². The van der Waals surface area contributed by atoms with Crippen LogP contribution in [0.4, 0.5) is 0 Å². The molecule has 0 N–H and O–H groups in total. The zero-order valence-corrected chi connectivity index (χ0v) is 6.97. The standard InChI is InChI=1S/C10H14O/c1-2-3-4-6-9-7-5-8-10(9)11/h3-4,7H,2,5-6,8H2,1H3/b4-3+. The molecule has 60 valence electrons. The van der Waals surface area contributed by atoms with E-state index in [-0.39, 0.29) is 0 Å². The number of allylic oxidation sites excluding steroid dienone is 4. The Kier molecular flexibility index (Phi) is 3.09. The summed E-state index contributed by atoms with van der Waals surface area (Å²) in [5.74, 6) is 0.339. The minimum Gasteiger partial charge on any atom is -0.295 e. The van der Waals surface area contributed by atoms with Crippen molar-refractivity contribution >= 4 is 5.78 Å². The van der Waals surface area contributed by atoms with Crippen LogP contribution in [0, 0.1) is 0 Å². The Balaban J connectivity index is 2.37. The fourth-order valence-electron chi connectivity index (χ4n) is 1.23. The third-order valence-electron chi connectivity index (χ3n) is 1.86. The number of carbonyl (C=O) groups is 1. The molecular formula is C10H14O. The summed E-state index contributed by atoms with van der Waals surface area (Å²) >= 11 is 0. The maximum absolute atomic E-state index is 11.1. The summed E-state index contributed by atoms with van der Waals surface area (Å²) < 4.78 is 0. The third kappa shape index (κ3) is 2.34. The third-order valence-corrected chi connectivity index (χ3v) is 1.86. The molecular weight excluding hydrogens is 136 g/mol. The lowest BCUT2D eigenvalue weighted by molar-refractivity contribution is -0.114. The topological polar surface area (TPSA) is 17.1 Å². The Hall–Kier alpha value is -0.850. The van der Waals surface area contributed by atoms with E-state index >= 15 is 0 Å². The molecule has 11 heavy (non-hydrogen) atoms. The Morgan fingerprint density at radius 2 is 2.36 bits per heavy atom. The maximum atomic E-state index is 11.1. The number of hydrogen-bond acceptors (Lipinski definition) is 1. The number of carbonyl (C=O) groups excluding carboxylic acids is 1. The zero-order chi connectivity index (χ0) is 8.10. The first-order valence-electron chi connectivity index (χ1n) is 4.22. The van der Waals surface area contributed by atoms with Gasteiger partial charge in [0.25, 0.3) is 0 Å². The van der Waals surface area contributed by atoms with Gasteiger partial charge < -0.3 is 0 Å². The van der Waals surface area contributed by atoms with E-state index in [1.165, 1.54) is 0 Å². The average molecular weight is 150 g/mol. The Morgan fingerprint density at radius 1 is 1.55 bits per heavy atom. The summed E-state index contributed by atoms with van der Waals surface area (Å²) in [6.45, 7) is 2.10. The molecule has 1 aliphatic rings. The highest BCUT2D eigenvalue weighted by Gasteiger charge is 2.12. The second-order valence-electron chi connectivity index (χ2n) is 2.77. The van der Waals surface area contributed by atoms with E-state index in [9.17, 15) is 4.79 Å². The van der Waals surface area contributed by atoms with E-state index in [4.69, 9.17) is 0 Å². The first-order valence-corrected chi connectivity index (χ1v) is 4.22. The Labute approximate surface area is 67.8 Å². The van der Waals surface area contributed by atoms with Gasteiger partial charge in [-0.2, -0.15) is 0 Å². The average Bonchev–Trinajstić information content (AvgIpc) is 2.37. The summed E-state index contributed by atoms with van der Waals surface area (Å²) in [7, 11) is 0. The van der Waals surface area contributed by atoms with Gasteiger partial charge in [-0.25, -0.2) is 0 Å². The molecule has 0 saturated heterocycles. The molecule has 0 aliphatic heterocycles. The minimum absolute atomic E-state index is 0.339. The molecule has 0 fully saturated rings. The summed E-state index contributed by atoms with van der Waals surface area (Å²) in [6.07, 6.45) is 9.82. The molecule has 0 bridgehead atoms. The highest BCUT2D eigenvalue weighted by atomic mass is 16.1. The number of hydrogen-bond donors (Lipinski definition) is 0. The molecule has 0 aromatic rings. The SMILES string of the molecule is CC/C=C/CC1=CCCC1=O. The zero-order valence-electron chi connectivity index (χ0n) is 6.97. The number of ketones is 1. The van der Waals surface area contributed by atoms with Crippen LogP contribution in [0.15, 0.2) is 23.8 Å². The predicted molar refractivity (Wildman–Crippen MR) is 46.4 cm³/mol. The molecule has 0 aromatic carbocycles. The highest BCUT2D eigenvalue weighted by molar-refractivity contribution is 5.97. The lowest BCUT2D eigenvalue weighted by atomic mass is 10.1. The van der Waals surface area contributed by atoms with Gasteiger partial charge in [0, 0.05) is 6.42 Å². The smallest absolute Gasteiger partial charge is 0.159 e. The van der Waals surface area contributed by atoms with Gasteiger partial charge in [0.15, 0.2) is 5.78 Å². The van der Waals surface area contributed by atoms with Gasteiger partial charge in [-0.1, -0.05) is 25.2 Å². The Morgan fingerprint density at radius 3 is 2.91 bits per heavy atom. The highest BCUT2D eigenvalue weighted by Crippen LogP contribution is 2.17. The predicted octanol–water partition coefficient (Wildman–Crippen LogP) is 2.63. The second kappa shape index (κ2) is 4.12. The monoisotopic (exact) mass is 150 g/mol. The van der Waals surface area contributed by atoms with Crippen LogP contribution in [0.3, 0.4) is 0 Å². The van der Waals surface area contributed by atoms with E-state index in [0.717, 1.165) is 31.3 Å². The summed E-state index contributed by atoms with van der Waals surface area (Å²) in [5.41, 5.74) is 1.01. The van der Waals surface area contributed by atoms with Crippen molar-refractivity contribution in [3.05, 3.63) is 23.8 Å². The van der Waals surface area contributed by atoms with Gasteiger partial charge in [0.05, 0.1) is 0 Å². The quantitative estimate of drug-likeness (QED) is 0.565. The molecule has 0 aromatic heterocycles. The lowest BCUT2D eigenvalue weighted by Gasteiger charge is -1.92. The van der Waals surface area contributed by atoms with Crippen molar-refractivity contribution in [3.8, 4) is 0 Å². The molecule has 1 nitrogen and oxygen atoms in total. The van der Waals surface area contributed by atoms with Crippen molar-refractivity contribution in [2.24, 2.45) is 0 Å². The number of Topliss-reactive ketones (excluding diaryl/α,β-unsaturated/α-hetero) is 1. The van der Waals surface area contributed by atoms with E-state index in [1.54, 1.807) is 0 Å². The van der Waals surface area contributed by atoms with Crippen LogP contribution < -0.4 is 0 Å². The second-order valence-corrected chi connectivity index (χ2v) is 2.77. The lowest BCUT2D eigenvalue weighted by Crippen LogP contribution is -1.93. The van der Waals surface area contributed by atoms with Gasteiger partial charge in [0.1, 0.15) is 0 Å². The van der Waals surface area contributed by atoms with Crippen molar-refractivity contribution in [1.82, 2.24) is 0 Å². The largest absolute Gasteiger partial charge is 0.295 e. The van der Waals surface area contributed by atoms with Crippen LogP contribution >= 0.6 is 0 Å². The van der Waals surface area contributed by atoms with Crippen molar-refractivity contribution in [1.29, 1.82) is 0 Å². The van der Waals surface area contributed by atoms with Crippen LogP contribution in [0.25, 0.3) is 0 Å². The molecule has 0 amide bonds. The number of rotatable bonds is 3. The molecule has 0 heterocycles. The van der Waals surface area contributed by atoms with E-state index in [2.05, 4.69) is 25.2 Å². The molecule has 0 saturated carbocycles. The van der Waals surface area contributed by atoms with Crippen LogP contribution in [-0.4, -0.2) is 5.78 Å². The minimum atomic E-state index is 0.339. The molecule has 0 radical (unpaired) electrons. The maximum Gasteiger partial charge on any atom is 0.159 e. The molecule has 0 atom stereocenters. The van der Waals surface area contributed by atoms with Gasteiger partial charge in [-0.05, 0) is 24.8 Å². The van der Waals surface area contributed by atoms with Crippen LogP contribution in [-0.2, 0) is 4.79 Å². The fraction of sp³-hybridized carbons (Fsp3) is 0.500. The summed E-state index contributed by atoms with van der Waals surface area (Å²) in [5, 5.41) is 0. The summed E-state index contributed by atoms with van der Waals surface area (Å²) in [6, 6.07) is 0. The van der Waals surface area contributed by atoms with Crippen LogP contribution in [0.2, 0.25) is 0 Å². The molecule has 0 spiro atoms. The van der Waals surface area contributed by atoms with Crippen molar-refractivity contribution in [2.75, 3.05) is 0 Å². The van der Waals surface area contributed by atoms with Crippen molar-refractivity contribution in [3.63, 3.8) is 0 Å². The molecule has 1 aliphatic carbocycles. The van der Waals surface area contributed by atoms with E-state index in [0.29, 0.717) is 5.78 Å². The molecule has 0 unspecified atom stereocenters. The normalized spacial score (nSPS) is 17.9. The molecule has 1 heteroatoms. The van der Waals surface area contributed by atoms with Crippen molar-refractivity contribution in [2.45, 2.75) is 32.6 Å². The van der Waals surface area contributed by atoms with Crippen LogP contribution in [0.5, 0.6) is 0 Å². The first-order chi connectivity index (χ1) is 5.34. The van der Waals surface area contributed by atoms with E-state index in [1.807, 2.05) is 0 Å². The summed E-state index contributed by atoms with van der Waals surface area (Å²) in [4.78, 5) is 11.1. The first kappa shape index (κ1) is 8.25. The van der Waals surface area contributed by atoms with Gasteiger partial charge >= 0.3 is 0 Å². The van der Waals surface area contributed by atoms with E-state index < -0.39 is 0 Å². The van der Waals surface area contributed by atoms with Gasteiger partial charge in [-0.3, -0.25) is 4.79 Å². The van der Waals surface area contributed by atoms with Crippen LogP contribution in [0.1, 0.15) is 32.6 Å². The molecule has 1 rings (SSSR count).